The second-order valence-corrected chi connectivity index (χ2v) is 5.22. The molecule has 0 amide bonds. The second kappa shape index (κ2) is 5.57. The van der Waals surface area contributed by atoms with Crippen molar-refractivity contribution in [2.75, 3.05) is 0 Å². The highest BCUT2D eigenvalue weighted by molar-refractivity contribution is 5.82. The van der Waals surface area contributed by atoms with E-state index < -0.39 is 0 Å². The third-order valence-electron chi connectivity index (χ3n) is 3.88. The lowest BCUT2D eigenvalue weighted by atomic mass is 10.0. The Morgan fingerprint density at radius 1 is 0.857 bits per heavy atom. The van der Waals surface area contributed by atoms with Gasteiger partial charge in [0.2, 0.25) is 0 Å². The first-order valence-electron chi connectivity index (χ1n) is 7.37. The van der Waals surface area contributed by atoms with Gasteiger partial charge in [0.15, 0.2) is 0 Å². The molecule has 0 aliphatic rings. The summed E-state index contributed by atoms with van der Waals surface area (Å²) < 4.78 is 5.49. The minimum absolute atomic E-state index is 0.278. The highest BCUT2D eigenvalue weighted by atomic mass is 16.4. The molecule has 2 aromatic carbocycles. The number of hydrogen-bond donors (Lipinski definition) is 0. The minimum Gasteiger partial charge on any atom is -0.422 e. The van der Waals surface area contributed by atoms with E-state index in [4.69, 9.17) is 4.42 Å². The van der Waals surface area contributed by atoms with E-state index in [1.807, 2.05) is 30.3 Å². The molecule has 2 heteroatoms. The van der Waals surface area contributed by atoms with E-state index in [-0.39, 0.29) is 5.63 Å². The molecular formula is C19H18O2. The molecule has 0 aliphatic carbocycles. The summed E-state index contributed by atoms with van der Waals surface area (Å²) >= 11 is 0. The van der Waals surface area contributed by atoms with Crippen LogP contribution in [0.5, 0.6) is 0 Å². The van der Waals surface area contributed by atoms with Crippen LogP contribution in [0.3, 0.4) is 0 Å². The summed E-state index contributed by atoms with van der Waals surface area (Å²) in [4.78, 5) is 12.2. The first kappa shape index (κ1) is 13.6. The molecule has 21 heavy (non-hydrogen) atoms. The molecule has 2 nitrogen and oxygen atoms in total. The summed E-state index contributed by atoms with van der Waals surface area (Å²) in [5, 5.41) is 0.960. The van der Waals surface area contributed by atoms with Crippen LogP contribution < -0.4 is 5.63 Å². The monoisotopic (exact) mass is 278 g/mol. The van der Waals surface area contributed by atoms with Crippen LogP contribution in [0.1, 0.15) is 25.0 Å². The molecule has 0 N–H and O–H groups in total. The number of fused-ring (bicyclic) bond motifs is 1. The van der Waals surface area contributed by atoms with E-state index in [0.29, 0.717) is 11.1 Å². The van der Waals surface area contributed by atoms with Gasteiger partial charge in [0, 0.05) is 5.39 Å². The molecule has 1 aromatic heterocycles. The van der Waals surface area contributed by atoms with Gasteiger partial charge in [0.1, 0.15) is 5.58 Å². The molecule has 1 heterocycles. The minimum atomic E-state index is -0.278. The van der Waals surface area contributed by atoms with E-state index >= 15 is 0 Å². The van der Waals surface area contributed by atoms with E-state index in [1.165, 1.54) is 11.1 Å². The summed E-state index contributed by atoms with van der Waals surface area (Å²) in [6, 6.07) is 16.0. The largest absolute Gasteiger partial charge is 0.422 e. The van der Waals surface area contributed by atoms with Crippen LogP contribution in [-0.4, -0.2) is 0 Å². The Morgan fingerprint density at radius 3 is 2.19 bits per heavy atom. The third kappa shape index (κ3) is 2.62. The molecule has 0 spiro atoms. The normalized spacial score (nSPS) is 11.0. The SMILES string of the molecule is CCc1ccc(-c2cc3ccc(CC)cc3oc2=O)cc1. The molecular weight excluding hydrogens is 260 g/mol. The number of aryl methyl sites for hydroxylation is 2. The molecule has 0 unspecified atom stereocenters. The zero-order valence-corrected chi connectivity index (χ0v) is 12.3. The molecule has 0 fully saturated rings. The van der Waals surface area contributed by atoms with Crippen LogP contribution in [0.4, 0.5) is 0 Å². The van der Waals surface area contributed by atoms with Crippen LogP contribution in [0, 0.1) is 0 Å². The summed E-state index contributed by atoms with van der Waals surface area (Å²) in [6.45, 7) is 4.20. The predicted octanol–water partition coefficient (Wildman–Crippen LogP) is 4.58. The Hall–Kier alpha value is -2.35. The van der Waals surface area contributed by atoms with Crippen molar-refractivity contribution < 1.29 is 4.42 Å². The topological polar surface area (TPSA) is 30.2 Å². The summed E-state index contributed by atoms with van der Waals surface area (Å²) in [7, 11) is 0. The van der Waals surface area contributed by atoms with E-state index in [0.717, 1.165) is 23.8 Å². The maximum atomic E-state index is 12.2. The molecule has 0 atom stereocenters. The third-order valence-corrected chi connectivity index (χ3v) is 3.88. The number of hydrogen-bond acceptors (Lipinski definition) is 2. The van der Waals surface area contributed by atoms with Gasteiger partial charge < -0.3 is 4.42 Å². The van der Waals surface area contributed by atoms with Crippen molar-refractivity contribution in [1.82, 2.24) is 0 Å². The van der Waals surface area contributed by atoms with E-state index in [1.54, 1.807) is 0 Å². The standard InChI is InChI=1S/C19H18O2/c1-3-13-5-8-15(9-6-13)17-12-16-10-7-14(4-2)11-18(16)21-19(17)20/h5-12H,3-4H2,1-2H3. The van der Waals surface area contributed by atoms with Crippen molar-refractivity contribution in [1.29, 1.82) is 0 Å². The first-order chi connectivity index (χ1) is 10.2. The van der Waals surface area contributed by atoms with Gasteiger partial charge in [-0.25, -0.2) is 4.79 Å². The average Bonchev–Trinajstić information content (AvgIpc) is 2.53. The van der Waals surface area contributed by atoms with Crippen molar-refractivity contribution in [3.05, 3.63) is 70.1 Å². The summed E-state index contributed by atoms with van der Waals surface area (Å²) in [6.07, 6.45) is 1.92. The molecule has 106 valence electrons. The lowest BCUT2D eigenvalue weighted by Gasteiger charge is -2.05. The quantitative estimate of drug-likeness (QED) is 0.656. The van der Waals surface area contributed by atoms with Crippen molar-refractivity contribution in [3.8, 4) is 11.1 Å². The smallest absolute Gasteiger partial charge is 0.344 e. The highest BCUT2D eigenvalue weighted by Crippen LogP contribution is 2.22. The zero-order valence-electron chi connectivity index (χ0n) is 12.3. The van der Waals surface area contributed by atoms with E-state index in [9.17, 15) is 4.79 Å². The summed E-state index contributed by atoms with van der Waals surface area (Å²) in [5.74, 6) is 0. The second-order valence-electron chi connectivity index (χ2n) is 5.22. The maximum absolute atomic E-state index is 12.2. The Labute approximate surface area is 124 Å². The maximum Gasteiger partial charge on any atom is 0.344 e. The van der Waals surface area contributed by atoms with Crippen LogP contribution in [0.15, 0.2) is 57.7 Å². The highest BCUT2D eigenvalue weighted by Gasteiger charge is 2.08. The van der Waals surface area contributed by atoms with Gasteiger partial charge in [0.25, 0.3) is 0 Å². The molecule has 3 rings (SSSR count). The van der Waals surface area contributed by atoms with Gasteiger partial charge in [-0.2, -0.15) is 0 Å². The Morgan fingerprint density at radius 2 is 1.52 bits per heavy atom. The van der Waals surface area contributed by atoms with Crippen molar-refractivity contribution in [2.24, 2.45) is 0 Å². The van der Waals surface area contributed by atoms with Gasteiger partial charge >= 0.3 is 5.63 Å². The summed E-state index contributed by atoms with van der Waals surface area (Å²) in [5.41, 5.74) is 4.34. The van der Waals surface area contributed by atoms with Gasteiger partial charge in [0.05, 0.1) is 5.56 Å². The Kier molecular flexibility index (Phi) is 3.61. The molecule has 0 saturated carbocycles. The van der Waals surface area contributed by atoms with Crippen LogP contribution in [0.2, 0.25) is 0 Å². The van der Waals surface area contributed by atoms with Gasteiger partial charge in [-0.1, -0.05) is 50.2 Å². The van der Waals surface area contributed by atoms with Gasteiger partial charge in [-0.3, -0.25) is 0 Å². The van der Waals surface area contributed by atoms with Gasteiger partial charge in [-0.05, 0) is 41.7 Å². The van der Waals surface area contributed by atoms with Crippen LogP contribution >= 0.6 is 0 Å². The fraction of sp³-hybridized carbons (Fsp3) is 0.211. The van der Waals surface area contributed by atoms with Crippen molar-refractivity contribution >= 4 is 11.0 Å². The average molecular weight is 278 g/mol. The molecule has 0 bridgehead atoms. The Bertz CT molecular complexity index is 826. The van der Waals surface area contributed by atoms with E-state index in [2.05, 4.69) is 32.0 Å². The molecule has 3 aromatic rings. The van der Waals surface area contributed by atoms with Crippen LogP contribution in [-0.2, 0) is 12.8 Å². The predicted molar refractivity (Wildman–Crippen MR) is 86.7 cm³/mol. The van der Waals surface area contributed by atoms with Crippen LogP contribution in [0.25, 0.3) is 22.1 Å². The lowest BCUT2D eigenvalue weighted by molar-refractivity contribution is 0.563. The fourth-order valence-corrected chi connectivity index (χ4v) is 2.50. The van der Waals surface area contributed by atoms with Crippen molar-refractivity contribution in [3.63, 3.8) is 0 Å². The number of benzene rings is 2. The molecule has 0 radical (unpaired) electrons. The molecule has 0 saturated heterocycles. The zero-order chi connectivity index (χ0) is 14.8. The molecule has 0 aliphatic heterocycles. The number of rotatable bonds is 3. The Balaban J connectivity index is 2.14. The van der Waals surface area contributed by atoms with Crippen molar-refractivity contribution in [2.45, 2.75) is 26.7 Å². The fourth-order valence-electron chi connectivity index (χ4n) is 2.50. The first-order valence-corrected chi connectivity index (χ1v) is 7.37. The van der Waals surface area contributed by atoms with Gasteiger partial charge in [-0.15, -0.1) is 0 Å². The lowest BCUT2D eigenvalue weighted by Crippen LogP contribution is -2.02.